The molecule has 4 nitrogen and oxygen atoms in total. The van der Waals surface area contributed by atoms with Gasteiger partial charge in [-0.1, -0.05) is 23.7 Å². The molecule has 0 saturated heterocycles. The standard InChI is InChI=1S/C13H15ClN4S/c1-3-15-13-16-8-9(14)12(18-13)17-10-6-4-5-7-11(10)19-2/h4-8H,3H2,1-2H3,(H2,15,16,17,18). The van der Waals surface area contributed by atoms with Crippen LogP contribution in [0.2, 0.25) is 5.02 Å². The number of rotatable bonds is 5. The van der Waals surface area contributed by atoms with Gasteiger partial charge < -0.3 is 10.6 Å². The molecule has 1 aromatic carbocycles. The van der Waals surface area contributed by atoms with E-state index in [1.165, 1.54) is 0 Å². The van der Waals surface area contributed by atoms with Gasteiger partial charge in [0.2, 0.25) is 5.95 Å². The van der Waals surface area contributed by atoms with E-state index in [-0.39, 0.29) is 0 Å². The lowest BCUT2D eigenvalue weighted by Crippen LogP contribution is -2.04. The number of aromatic nitrogens is 2. The van der Waals surface area contributed by atoms with Gasteiger partial charge in [-0.2, -0.15) is 4.98 Å². The maximum Gasteiger partial charge on any atom is 0.224 e. The van der Waals surface area contributed by atoms with E-state index in [9.17, 15) is 0 Å². The van der Waals surface area contributed by atoms with Crippen molar-refractivity contribution in [1.82, 2.24) is 9.97 Å². The number of benzene rings is 1. The van der Waals surface area contributed by atoms with Crippen LogP contribution in [0.3, 0.4) is 0 Å². The van der Waals surface area contributed by atoms with Crippen molar-refractivity contribution in [3.63, 3.8) is 0 Å². The topological polar surface area (TPSA) is 49.8 Å². The lowest BCUT2D eigenvalue weighted by Gasteiger charge is -2.11. The van der Waals surface area contributed by atoms with Crippen LogP contribution in [0.25, 0.3) is 0 Å². The van der Waals surface area contributed by atoms with Gasteiger partial charge in [-0.05, 0) is 25.3 Å². The Morgan fingerprint density at radius 2 is 2.11 bits per heavy atom. The van der Waals surface area contributed by atoms with Crippen LogP contribution < -0.4 is 10.6 Å². The fourth-order valence-electron chi connectivity index (χ4n) is 1.57. The SMILES string of the molecule is CCNc1ncc(Cl)c(Nc2ccccc2SC)n1. The first-order chi connectivity index (χ1) is 9.24. The second-order valence-corrected chi connectivity index (χ2v) is 5.00. The Hall–Kier alpha value is -1.46. The molecule has 0 saturated carbocycles. The molecule has 100 valence electrons. The summed E-state index contributed by atoms with van der Waals surface area (Å²) in [7, 11) is 0. The Bertz CT molecular complexity index is 562. The lowest BCUT2D eigenvalue weighted by atomic mass is 10.3. The molecule has 19 heavy (non-hydrogen) atoms. The third kappa shape index (κ3) is 3.52. The molecular weight excluding hydrogens is 280 g/mol. The third-order valence-electron chi connectivity index (χ3n) is 2.44. The average molecular weight is 295 g/mol. The Balaban J connectivity index is 2.29. The van der Waals surface area contributed by atoms with Crippen molar-refractivity contribution in [3.8, 4) is 0 Å². The first kappa shape index (κ1) is 14.0. The van der Waals surface area contributed by atoms with Gasteiger partial charge in [0, 0.05) is 11.4 Å². The van der Waals surface area contributed by atoms with Crippen LogP contribution >= 0.6 is 23.4 Å². The number of hydrogen-bond donors (Lipinski definition) is 2. The van der Waals surface area contributed by atoms with Crippen LogP contribution in [-0.2, 0) is 0 Å². The number of thioether (sulfide) groups is 1. The van der Waals surface area contributed by atoms with E-state index in [1.807, 2.05) is 37.4 Å². The number of hydrogen-bond acceptors (Lipinski definition) is 5. The average Bonchev–Trinajstić information content (AvgIpc) is 2.43. The molecule has 0 aliphatic rings. The minimum Gasteiger partial charge on any atom is -0.354 e. The Labute approximate surface area is 122 Å². The lowest BCUT2D eigenvalue weighted by molar-refractivity contribution is 1.09. The highest BCUT2D eigenvalue weighted by atomic mass is 35.5. The molecule has 2 aromatic rings. The normalized spacial score (nSPS) is 10.3. The summed E-state index contributed by atoms with van der Waals surface area (Å²) in [6, 6.07) is 8.02. The highest BCUT2D eigenvalue weighted by Crippen LogP contribution is 2.30. The van der Waals surface area contributed by atoms with Gasteiger partial charge in [-0.25, -0.2) is 4.98 Å². The predicted octanol–water partition coefficient (Wildman–Crippen LogP) is 4.03. The fourth-order valence-corrected chi connectivity index (χ4v) is 2.27. The van der Waals surface area contributed by atoms with E-state index in [4.69, 9.17) is 11.6 Å². The van der Waals surface area contributed by atoms with E-state index in [1.54, 1.807) is 18.0 Å². The van der Waals surface area contributed by atoms with Crippen molar-refractivity contribution < 1.29 is 0 Å². The van der Waals surface area contributed by atoms with E-state index < -0.39 is 0 Å². The largest absolute Gasteiger partial charge is 0.354 e. The highest BCUT2D eigenvalue weighted by Gasteiger charge is 2.07. The van der Waals surface area contributed by atoms with Crippen LogP contribution in [-0.4, -0.2) is 22.8 Å². The zero-order valence-corrected chi connectivity index (χ0v) is 12.3. The summed E-state index contributed by atoms with van der Waals surface area (Å²) in [6.07, 6.45) is 3.63. The van der Waals surface area contributed by atoms with Crippen LogP contribution in [0.1, 0.15) is 6.92 Å². The number of para-hydroxylation sites is 1. The summed E-state index contributed by atoms with van der Waals surface area (Å²) in [5.74, 6) is 1.17. The molecule has 1 heterocycles. The summed E-state index contributed by atoms with van der Waals surface area (Å²) in [5.41, 5.74) is 0.984. The van der Waals surface area contributed by atoms with Gasteiger partial charge in [0.1, 0.15) is 5.02 Å². The van der Waals surface area contributed by atoms with Crippen molar-refractivity contribution in [2.75, 3.05) is 23.4 Å². The second kappa shape index (κ2) is 6.63. The molecular formula is C13H15ClN4S. The molecule has 0 spiro atoms. The van der Waals surface area contributed by atoms with Crippen molar-refractivity contribution in [3.05, 3.63) is 35.5 Å². The van der Waals surface area contributed by atoms with Gasteiger partial charge in [-0.15, -0.1) is 11.8 Å². The van der Waals surface area contributed by atoms with E-state index in [0.29, 0.717) is 16.8 Å². The minimum atomic E-state index is 0.498. The van der Waals surface area contributed by atoms with E-state index in [2.05, 4.69) is 20.6 Å². The van der Waals surface area contributed by atoms with E-state index in [0.717, 1.165) is 17.1 Å². The number of nitrogens with zero attached hydrogens (tertiary/aromatic N) is 2. The van der Waals surface area contributed by atoms with Crippen molar-refractivity contribution in [1.29, 1.82) is 0 Å². The zero-order valence-electron chi connectivity index (χ0n) is 10.8. The molecule has 1 aromatic heterocycles. The van der Waals surface area contributed by atoms with Crippen LogP contribution in [0.15, 0.2) is 35.4 Å². The summed E-state index contributed by atoms with van der Waals surface area (Å²) >= 11 is 7.79. The minimum absolute atomic E-state index is 0.498. The molecule has 2 rings (SSSR count). The van der Waals surface area contributed by atoms with Gasteiger partial charge in [0.05, 0.1) is 11.9 Å². The van der Waals surface area contributed by atoms with Gasteiger partial charge in [0.15, 0.2) is 5.82 Å². The zero-order chi connectivity index (χ0) is 13.7. The monoisotopic (exact) mass is 294 g/mol. The maximum absolute atomic E-state index is 6.12. The second-order valence-electron chi connectivity index (χ2n) is 3.75. The molecule has 0 aliphatic carbocycles. The van der Waals surface area contributed by atoms with Crippen LogP contribution in [0.4, 0.5) is 17.5 Å². The first-order valence-electron chi connectivity index (χ1n) is 5.91. The summed E-state index contributed by atoms with van der Waals surface area (Å²) in [5, 5.41) is 6.81. The molecule has 0 atom stereocenters. The Kier molecular flexibility index (Phi) is 4.87. The number of anilines is 3. The molecule has 0 unspecified atom stereocenters. The molecule has 0 bridgehead atoms. The van der Waals surface area contributed by atoms with Crippen molar-refractivity contribution in [2.45, 2.75) is 11.8 Å². The van der Waals surface area contributed by atoms with Crippen LogP contribution in [0, 0.1) is 0 Å². The van der Waals surface area contributed by atoms with Gasteiger partial charge in [0.25, 0.3) is 0 Å². The highest BCUT2D eigenvalue weighted by molar-refractivity contribution is 7.98. The van der Waals surface area contributed by atoms with E-state index >= 15 is 0 Å². The summed E-state index contributed by atoms with van der Waals surface area (Å²) in [4.78, 5) is 9.61. The molecule has 6 heteroatoms. The predicted molar refractivity (Wildman–Crippen MR) is 82.7 cm³/mol. The number of nitrogens with one attached hydrogen (secondary N) is 2. The molecule has 0 amide bonds. The molecule has 0 radical (unpaired) electrons. The molecule has 2 N–H and O–H groups in total. The summed E-state index contributed by atoms with van der Waals surface area (Å²) in [6.45, 7) is 2.76. The van der Waals surface area contributed by atoms with Gasteiger partial charge in [-0.3, -0.25) is 0 Å². The van der Waals surface area contributed by atoms with Gasteiger partial charge >= 0.3 is 0 Å². The quantitative estimate of drug-likeness (QED) is 0.816. The van der Waals surface area contributed by atoms with Crippen LogP contribution in [0.5, 0.6) is 0 Å². The fraction of sp³-hybridized carbons (Fsp3) is 0.231. The summed E-state index contributed by atoms with van der Waals surface area (Å²) < 4.78 is 0. The molecule has 0 aliphatic heterocycles. The first-order valence-corrected chi connectivity index (χ1v) is 7.51. The number of halogens is 1. The maximum atomic E-state index is 6.12. The third-order valence-corrected chi connectivity index (χ3v) is 3.51. The molecule has 0 fully saturated rings. The van der Waals surface area contributed by atoms with Crippen molar-refractivity contribution >= 4 is 40.8 Å². The van der Waals surface area contributed by atoms with Crippen molar-refractivity contribution in [2.24, 2.45) is 0 Å². The smallest absolute Gasteiger partial charge is 0.224 e. The Morgan fingerprint density at radius 3 is 2.84 bits per heavy atom. The Morgan fingerprint density at radius 1 is 1.32 bits per heavy atom.